The molecule has 0 unspecified atom stereocenters. The van der Waals surface area contributed by atoms with Crippen molar-refractivity contribution in [2.45, 2.75) is 440 Å². The molecular weight excluding hydrogens is 1210 g/mol. The zero-order valence-electron chi connectivity index (χ0n) is 69.2. The Morgan fingerprint density at radius 2 is 0.384 bits per heavy atom. The van der Waals surface area contributed by atoms with Crippen LogP contribution in [0.15, 0.2) is 0 Å². The molecule has 14 rings (SSSR count). The summed E-state index contributed by atoms with van der Waals surface area (Å²) >= 11 is 0. The van der Waals surface area contributed by atoms with Crippen LogP contribution in [0.5, 0.6) is 0 Å². The van der Waals surface area contributed by atoms with Gasteiger partial charge in [0.15, 0.2) is 0 Å². The highest BCUT2D eigenvalue weighted by molar-refractivity contribution is 4.96. The minimum atomic E-state index is 0. The molecule has 9 aliphatic heterocycles. The Labute approximate surface area is 628 Å². The summed E-state index contributed by atoms with van der Waals surface area (Å²) in [5.41, 5.74) is 4.90. The van der Waals surface area contributed by atoms with Gasteiger partial charge in [0, 0.05) is 39.3 Å². The molecule has 5 aliphatic carbocycles. The van der Waals surface area contributed by atoms with E-state index in [9.17, 15) is 0 Å². The molecule has 8 N–H and O–H groups in total. The molecule has 9 saturated heterocycles. The molecule has 0 aromatic carbocycles. The minimum Gasteiger partial charge on any atom is -0.375 e. The van der Waals surface area contributed by atoms with E-state index in [0.717, 1.165) is 52.2 Å². The Kier molecular flexibility index (Phi) is 73.6. The fourth-order valence-electron chi connectivity index (χ4n) is 17.1. The van der Waals surface area contributed by atoms with Crippen LogP contribution in [0.25, 0.3) is 0 Å². The van der Waals surface area contributed by atoms with Crippen molar-refractivity contribution < 1.29 is 4.74 Å². The molecule has 5 saturated carbocycles. The Balaban J connectivity index is -0.000000502. The van der Waals surface area contributed by atoms with E-state index in [-0.39, 0.29) is 22.3 Å². The molecule has 9 nitrogen and oxygen atoms in total. The minimum absolute atomic E-state index is 0. The van der Waals surface area contributed by atoms with E-state index in [4.69, 9.17) is 4.74 Å². The lowest BCUT2D eigenvalue weighted by Gasteiger charge is -2.45. The standard InChI is InChI=1S/2C10H19N.C9H17NO.3C9H17N.C7H14N2.8C3H8.3CH4/c1-2-5-10(6-3-1)7-4-8-11-9-10;1-2-4-10(5-3-1)6-8-11-9-7-10;1-2-8-11-9(3-1)4-6-10-7-5-9;1-2-4-9(3-1)5-7-10-8-6-9;2*1-2-4-9(5-3-1)6-7-10-8-9;1-3-8-4-2-7(1)5-9-6-7;8*1-3-2;;;/h2*11H,1-9H2;10H,1-8H2;3*10H,1-8H2;8-9H,1-6H2;8*3H2,1-2H3;3*1H4. The van der Waals surface area contributed by atoms with Crippen molar-refractivity contribution in [2.75, 3.05) is 111 Å². The van der Waals surface area contributed by atoms with Gasteiger partial charge in [-0.05, 0) is 265 Å². The summed E-state index contributed by atoms with van der Waals surface area (Å²) in [6.07, 6.45) is 66.8. The van der Waals surface area contributed by atoms with Gasteiger partial charge in [0.2, 0.25) is 0 Å². The lowest BCUT2D eigenvalue weighted by molar-refractivity contribution is -0.0952. The van der Waals surface area contributed by atoms with Gasteiger partial charge in [0.05, 0.1) is 5.60 Å². The van der Waals surface area contributed by atoms with Gasteiger partial charge in [-0.2, -0.15) is 0 Å². The average Bonchev–Trinajstić information content (AvgIpc) is 1.83. The van der Waals surface area contributed by atoms with E-state index in [1.807, 2.05) is 0 Å². The lowest BCUT2D eigenvalue weighted by Crippen LogP contribution is -2.57. The fraction of sp³-hybridized carbons (Fsp3) is 1.00. The molecule has 14 fully saturated rings. The maximum Gasteiger partial charge on any atom is 0.0706 e. The number of nitrogens with one attached hydrogen (secondary N) is 8. The van der Waals surface area contributed by atoms with Gasteiger partial charge in [-0.25, -0.2) is 0 Å². The molecule has 0 amide bonds. The molecule has 7 spiro atoms. The second-order valence-electron chi connectivity index (χ2n) is 33.3. The molecule has 0 atom stereocenters. The molecule has 9 heterocycles. The van der Waals surface area contributed by atoms with Gasteiger partial charge in [0.1, 0.15) is 0 Å². The van der Waals surface area contributed by atoms with Crippen LogP contribution in [0.1, 0.15) is 435 Å². The maximum atomic E-state index is 5.87. The first kappa shape index (κ1) is 105. The number of hydrogen-bond donors (Lipinski definition) is 8. The van der Waals surface area contributed by atoms with Crippen molar-refractivity contribution in [2.24, 2.45) is 32.5 Å². The fourth-order valence-corrected chi connectivity index (χ4v) is 17.1. The molecule has 602 valence electrons. The first-order chi connectivity index (χ1) is 46.7. The third-order valence-corrected chi connectivity index (χ3v) is 22.5. The zero-order chi connectivity index (χ0) is 71.1. The quantitative estimate of drug-likeness (QED) is 0.120. The van der Waals surface area contributed by atoms with E-state index < -0.39 is 0 Å². The smallest absolute Gasteiger partial charge is 0.0706 e. The normalized spacial score (nSPS) is 24.0. The van der Waals surface area contributed by atoms with Crippen molar-refractivity contribution in [3.05, 3.63) is 0 Å². The zero-order valence-corrected chi connectivity index (χ0v) is 69.2. The highest BCUT2D eigenvalue weighted by Gasteiger charge is 2.40. The van der Waals surface area contributed by atoms with E-state index in [1.54, 1.807) is 0 Å². The Morgan fingerprint density at radius 1 is 0.182 bits per heavy atom. The molecule has 14 aliphatic rings. The van der Waals surface area contributed by atoms with Crippen LogP contribution in [-0.4, -0.2) is 117 Å². The maximum absolute atomic E-state index is 5.87. The van der Waals surface area contributed by atoms with E-state index in [0.29, 0.717) is 5.60 Å². The van der Waals surface area contributed by atoms with Crippen molar-refractivity contribution in [1.29, 1.82) is 0 Å². The van der Waals surface area contributed by atoms with Crippen LogP contribution in [0, 0.1) is 32.5 Å². The summed E-state index contributed by atoms with van der Waals surface area (Å²) < 4.78 is 5.87. The summed E-state index contributed by atoms with van der Waals surface area (Å²) in [6, 6.07) is 0. The summed E-state index contributed by atoms with van der Waals surface area (Å²) in [5, 5.41) is 27.5. The largest absolute Gasteiger partial charge is 0.375 e. The van der Waals surface area contributed by atoms with Gasteiger partial charge in [-0.3, -0.25) is 0 Å². The molecule has 0 aromatic heterocycles. The van der Waals surface area contributed by atoms with Gasteiger partial charge in [0.25, 0.3) is 0 Å². The molecule has 0 radical (unpaired) electrons. The molecule has 0 aromatic rings. The van der Waals surface area contributed by atoms with Crippen LogP contribution in [0.4, 0.5) is 0 Å². The van der Waals surface area contributed by atoms with Crippen LogP contribution in [0.2, 0.25) is 0 Å². The van der Waals surface area contributed by atoms with E-state index in [2.05, 4.69) is 153 Å². The highest BCUT2D eigenvalue weighted by atomic mass is 16.5. The highest BCUT2D eigenvalue weighted by Crippen LogP contribution is 2.46. The Hall–Kier alpha value is -0.360. The van der Waals surface area contributed by atoms with Crippen molar-refractivity contribution in [3.63, 3.8) is 0 Å². The van der Waals surface area contributed by atoms with Crippen LogP contribution in [0.3, 0.4) is 0 Å². The second-order valence-corrected chi connectivity index (χ2v) is 33.3. The summed E-state index contributed by atoms with van der Waals surface area (Å²) in [4.78, 5) is 0. The predicted molar refractivity (Wildman–Crippen MR) is 454 cm³/mol. The van der Waals surface area contributed by atoms with Crippen LogP contribution in [-0.2, 0) is 4.74 Å². The van der Waals surface area contributed by atoms with Crippen LogP contribution < -0.4 is 42.5 Å². The van der Waals surface area contributed by atoms with E-state index >= 15 is 0 Å². The lowest BCUT2D eigenvalue weighted by atomic mass is 9.68. The van der Waals surface area contributed by atoms with Gasteiger partial charge < -0.3 is 47.3 Å². The number of piperidine rings is 5. The Bertz CT molecular complexity index is 1290. The van der Waals surface area contributed by atoms with Crippen molar-refractivity contribution >= 4 is 0 Å². The number of hydrogen-bond acceptors (Lipinski definition) is 9. The first-order valence-electron chi connectivity index (χ1n) is 44.0. The topological polar surface area (TPSA) is 105 Å². The summed E-state index contributed by atoms with van der Waals surface area (Å²) in [7, 11) is 0. The SMILES string of the molecule is C.C.C.C1CC2(CCN1)CNC2.C1CCC2(C1)CCNCC2.C1CCC2(CC1)CCCNC2.C1CCC2(CC1)CCNC2.C1CCC2(CC1)CCNC2.C1CCC2(CC1)CCNCC2.C1CCC2(CCNCC2)OC1.CCC.CCC.CCC.CCC.CCC.CCC.CCC.CCC. The van der Waals surface area contributed by atoms with Gasteiger partial charge >= 0.3 is 0 Å². The molecule has 0 bridgehead atoms. The molecule has 99 heavy (non-hydrogen) atoms. The monoisotopic (exact) mass is 1410 g/mol. The number of rotatable bonds is 0. The molecular formula is C90H196N8O. The third-order valence-electron chi connectivity index (χ3n) is 22.5. The Morgan fingerprint density at radius 3 is 0.606 bits per heavy atom. The van der Waals surface area contributed by atoms with E-state index in [1.165, 1.54) is 393 Å². The first-order valence-corrected chi connectivity index (χ1v) is 44.0. The van der Waals surface area contributed by atoms with Crippen LogP contribution >= 0.6 is 0 Å². The predicted octanol–water partition coefficient (Wildman–Crippen LogP) is 24.9. The number of ether oxygens (including phenoxy) is 1. The van der Waals surface area contributed by atoms with Gasteiger partial charge in [-0.15, -0.1) is 0 Å². The average molecular weight is 1410 g/mol. The third kappa shape index (κ3) is 49.3. The summed E-state index contributed by atoms with van der Waals surface area (Å²) in [6.45, 7) is 55.2. The van der Waals surface area contributed by atoms with Crippen molar-refractivity contribution in [1.82, 2.24) is 42.5 Å². The van der Waals surface area contributed by atoms with Gasteiger partial charge in [-0.1, -0.05) is 274 Å². The second kappa shape index (κ2) is 69.4. The molecule has 9 heteroatoms. The van der Waals surface area contributed by atoms with Crippen molar-refractivity contribution in [3.8, 4) is 0 Å². The summed E-state index contributed by atoms with van der Waals surface area (Å²) in [5.74, 6) is 0.